The van der Waals surface area contributed by atoms with Gasteiger partial charge in [-0.15, -0.1) is 0 Å². The van der Waals surface area contributed by atoms with Gasteiger partial charge in [0.2, 0.25) is 0 Å². The summed E-state index contributed by atoms with van der Waals surface area (Å²) in [6.45, 7) is 2.98. The van der Waals surface area contributed by atoms with Gasteiger partial charge in [0.05, 0.1) is 26.3 Å². The third kappa shape index (κ3) is 3.74. The van der Waals surface area contributed by atoms with Crippen LogP contribution < -0.4 is 19.5 Å². The smallest absolute Gasteiger partial charge is 0.318 e. The number of fused-ring (bicyclic) bond motifs is 1. The number of aromatic nitrogens is 2. The van der Waals surface area contributed by atoms with E-state index in [-0.39, 0.29) is 0 Å². The van der Waals surface area contributed by atoms with E-state index >= 15 is 0 Å². The molecule has 0 amide bonds. The van der Waals surface area contributed by atoms with Crippen LogP contribution in [0.5, 0.6) is 17.5 Å². The summed E-state index contributed by atoms with van der Waals surface area (Å²) in [6, 6.07) is 13.9. The van der Waals surface area contributed by atoms with E-state index in [0.717, 1.165) is 33.8 Å². The normalized spacial score (nSPS) is 10.5. The van der Waals surface area contributed by atoms with Crippen molar-refractivity contribution >= 4 is 16.7 Å². The molecular formula is C19H21N3O3. The van der Waals surface area contributed by atoms with Gasteiger partial charge in [-0.25, -0.2) is 0 Å². The van der Waals surface area contributed by atoms with Gasteiger partial charge in [-0.05, 0) is 31.2 Å². The van der Waals surface area contributed by atoms with Crippen LogP contribution in [0, 0.1) is 0 Å². The fraction of sp³-hybridized carbons (Fsp3) is 0.263. The first-order valence-electron chi connectivity index (χ1n) is 8.09. The molecule has 0 unspecified atom stereocenters. The highest BCUT2D eigenvalue weighted by molar-refractivity contribution is 5.89. The van der Waals surface area contributed by atoms with Crippen LogP contribution in [0.3, 0.4) is 0 Å². The lowest BCUT2D eigenvalue weighted by Crippen LogP contribution is -2.06. The van der Waals surface area contributed by atoms with Gasteiger partial charge >= 0.3 is 6.01 Å². The van der Waals surface area contributed by atoms with E-state index in [1.54, 1.807) is 14.2 Å². The van der Waals surface area contributed by atoms with Crippen LogP contribution >= 0.6 is 0 Å². The molecule has 0 fully saturated rings. The Morgan fingerprint density at radius 3 is 2.60 bits per heavy atom. The summed E-state index contributed by atoms with van der Waals surface area (Å²) in [5.41, 5.74) is 1.84. The van der Waals surface area contributed by atoms with Crippen LogP contribution in [-0.2, 0) is 6.54 Å². The molecule has 0 bridgehead atoms. The van der Waals surface area contributed by atoms with Gasteiger partial charge in [-0.2, -0.15) is 9.97 Å². The second-order valence-corrected chi connectivity index (χ2v) is 5.34. The van der Waals surface area contributed by atoms with Crippen LogP contribution in [0.15, 0.2) is 42.5 Å². The van der Waals surface area contributed by atoms with Crippen molar-refractivity contribution in [3.05, 3.63) is 48.0 Å². The Hall–Kier alpha value is -3.02. The van der Waals surface area contributed by atoms with E-state index in [0.29, 0.717) is 19.2 Å². The fourth-order valence-electron chi connectivity index (χ4n) is 2.56. The highest BCUT2D eigenvalue weighted by Crippen LogP contribution is 2.27. The molecule has 1 N–H and O–H groups in total. The van der Waals surface area contributed by atoms with Crippen molar-refractivity contribution in [1.29, 1.82) is 0 Å². The number of para-hydroxylation sites is 1. The zero-order valence-electron chi connectivity index (χ0n) is 14.6. The van der Waals surface area contributed by atoms with Crippen molar-refractivity contribution in [1.82, 2.24) is 9.97 Å². The first-order chi connectivity index (χ1) is 12.2. The SMILES string of the molecule is CCOc1nc(NCc2ccc(OC)cc2OC)c2ccccc2n1. The van der Waals surface area contributed by atoms with E-state index in [4.69, 9.17) is 14.2 Å². The van der Waals surface area contributed by atoms with Gasteiger partial charge in [0.15, 0.2) is 0 Å². The largest absolute Gasteiger partial charge is 0.497 e. The van der Waals surface area contributed by atoms with Crippen LogP contribution in [0.2, 0.25) is 0 Å². The Bertz CT molecular complexity index is 868. The number of hydrogen-bond donors (Lipinski definition) is 1. The average Bonchev–Trinajstić information content (AvgIpc) is 2.66. The maximum atomic E-state index is 5.48. The lowest BCUT2D eigenvalue weighted by atomic mass is 10.2. The molecule has 6 nitrogen and oxygen atoms in total. The number of nitrogens with one attached hydrogen (secondary N) is 1. The van der Waals surface area contributed by atoms with Crippen molar-refractivity contribution < 1.29 is 14.2 Å². The molecule has 0 atom stereocenters. The van der Waals surface area contributed by atoms with Gasteiger partial charge in [-0.3, -0.25) is 0 Å². The topological polar surface area (TPSA) is 65.5 Å². The molecule has 0 radical (unpaired) electrons. The molecule has 130 valence electrons. The minimum absolute atomic E-state index is 0.366. The molecule has 0 aliphatic rings. The third-order valence-corrected chi connectivity index (χ3v) is 3.80. The number of benzene rings is 2. The van der Waals surface area contributed by atoms with E-state index in [1.165, 1.54) is 0 Å². The number of anilines is 1. The number of hydrogen-bond acceptors (Lipinski definition) is 6. The molecule has 6 heteroatoms. The molecule has 0 aliphatic carbocycles. The standard InChI is InChI=1S/C19H21N3O3/c1-4-25-19-21-16-8-6-5-7-15(16)18(22-19)20-12-13-9-10-14(23-2)11-17(13)24-3/h5-11H,4,12H2,1-3H3,(H,20,21,22). The van der Waals surface area contributed by atoms with Crippen LogP contribution in [-0.4, -0.2) is 30.8 Å². The monoisotopic (exact) mass is 339 g/mol. The van der Waals surface area contributed by atoms with Gasteiger partial charge in [-0.1, -0.05) is 12.1 Å². The average molecular weight is 339 g/mol. The maximum Gasteiger partial charge on any atom is 0.318 e. The minimum Gasteiger partial charge on any atom is -0.497 e. The van der Waals surface area contributed by atoms with Crippen LogP contribution in [0.1, 0.15) is 12.5 Å². The molecule has 0 saturated carbocycles. The second-order valence-electron chi connectivity index (χ2n) is 5.34. The van der Waals surface area contributed by atoms with Gasteiger partial charge in [0, 0.05) is 23.6 Å². The van der Waals surface area contributed by atoms with Crippen molar-refractivity contribution in [3.63, 3.8) is 0 Å². The number of methoxy groups -OCH3 is 2. The molecule has 2 aromatic carbocycles. The zero-order chi connectivity index (χ0) is 17.6. The Kier molecular flexibility index (Phi) is 5.18. The van der Waals surface area contributed by atoms with Gasteiger partial charge in [0.1, 0.15) is 17.3 Å². The van der Waals surface area contributed by atoms with E-state index in [9.17, 15) is 0 Å². The lowest BCUT2D eigenvalue weighted by molar-refractivity contribution is 0.314. The quantitative estimate of drug-likeness (QED) is 0.709. The molecule has 0 spiro atoms. The second kappa shape index (κ2) is 7.70. The van der Waals surface area contributed by atoms with Crippen molar-refractivity contribution in [2.24, 2.45) is 0 Å². The van der Waals surface area contributed by atoms with Gasteiger partial charge < -0.3 is 19.5 Å². The Balaban J connectivity index is 1.90. The molecule has 1 heterocycles. The molecule has 25 heavy (non-hydrogen) atoms. The summed E-state index contributed by atoms with van der Waals surface area (Å²) in [6.07, 6.45) is 0. The molecule has 3 rings (SSSR count). The molecule has 0 aliphatic heterocycles. The van der Waals surface area contributed by atoms with Crippen molar-refractivity contribution in [2.45, 2.75) is 13.5 Å². The van der Waals surface area contributed by atoms with Gasteiger partial charge in [0.25, 0.3) is 0 Å². The summed E-state index contributed by atoms with van der Waals surface area (Å²) in [7, 11) is 3.28. The Morgan fingerprint density at radius 1 is 1.00 bits per heavy atom. The van der Waals surface area contributed by atoms with E-state index in [1.807, 2.05) is 49.4 Å². The summed E-state index contributed by atoms with van der Waals surface area (Å²) in [5.74, 6) is 2.24. The Labute approximate surface area is 146 Å². The van der Waals surface area contributed by atoms with Crippen molar-refractivity contribution in [2.75, 3.05) is 26.1 Å². The van der Waals surface area contributed by atoms with E-state index < -0.39 is 0 Å². The first kappa shape index (κ1) is 16.8. The number of ether oxygens (including phenoxy) is 3. The molecule has 1 aromatic heterocycles. The highest BCUT2D eigenvalue weighted by atomic mass is 16.5. The van der Waals surface area contributed by atoms with Crippen LogP contribution in [0.4, 0.5) is 5.82 Å². The lowest BCUT2D eigenvalue weighted by Gasteiger charge is -2.13. The summed E-state index contributed by atoms with van der Waals surface area (Å²) in [5, 5.41) is 4.31. The van der Waals surface area contributed by atoms with E-state index in [2.05, 4.69) is 15.3 Å². The molecular weight excluding hydrogens is 318 g/mol. The van der Waals surface area contributed by atoms with Crippen LogP contribution in [0.25, 0.3) is 10.9 Å². The predicted octanol–water partition coefficient (Wildman–Crippen LogP) is 3.66. The zero-order valence-corrected chi connectivity index (χ0v) is 14.6. The highest BCUT2D eigenvalue weighted by Gasteiger charge is 2.10. The predicted molar refractivity (Wildman–Crippen MR) is 97.6 cm³/mol. The molecule has 0 saturated heterocycles. The summed E-state index contributed by atoms with van der Waals surface area (Å²) >= 11 is 0. The first-order valence-corrected chi connectivity index (χ1v) is 8.09. The fourth-order valence-corrected chi connectivity index (χ4v) is 2.56. The minimum atomic E-state index is 0.366. The third-order valence-electron chi connectivity index (χ3n) is 3.80. The Morgan fingerprint density at radius 2 is 1.84 bits per heavy atom. The van der Waals surface area contributed by atoms with Crippen molar-refractivity contribution in [3.8, 4) is 17.5 Å². The summed E-state index contributed by atoms with van der Waals surface area (Å²) in [4.78, 5) is 8.91. The maximum absolute atomic E-state index is 5.48. The number of nitrogens with zero attached hydrogens (tertiary/aromatic N) is 2. The molecule has 3 aromatic rings. The summed E-state index contributed by atoms with van der Waals surface area (Å²) < 4.78 is 16.2. The number of rotatable bonds is 7.